The molecule has 0 amide bonds. The number of hydrogen-bond acceptors (Lipinski definition) is 4. The highest BCUT2D eigenvalue weighted by molar-refractivity contribution is 5.18. The first kappa shape index (κ1) is 13.3. The minimum atomic E-state index is 0.185. The van der Waals surface area contributed by atoms with Crippen molar-refractivity contribution in [3.63, 3.8) is 0 Å². The highest BCUT2D eigenvalue weighted by Gasteiger charge is 2.16. The summed E-state index contributed by atoms with van der Waals surface area (Å²) in [4.78, 5) is 4.19. The van der Waals surface area contributed by atoms with Crippen LogP contribution >= 0.6 is 0 Å². The Morgan fingerprint density at radius 1 is 1.56 bits per heavy atom. The maximum absolute atomic E-state index is 6.14. The van der Waals surface area contributed by atoms with Crippen molar-refractivity contribution in [2.45, 2.75) is 44.2 Å². The van der Waals surface area contributed by atoms with Crippen molar-refractivity contribution >= 4 is 0 Å². The molecule has 1 aliphatic heterocycles. The zero-order valence-corrected chi connectivity index (χ0v) is 11.0. The molecule has 1 fully saturated rings. The van der Waals surface area contributed by atoms with E-state index in [0.29, 0.717) is 12.0 Å². The molecule has 100 valence electrons. The summed E-state index contributed by atoms with van der Waals surface area (Å²) in [7, 11) is 1.62. The summed E-state index contributed by atoms with van der Waals surface area (Å²) in [5.41, 5.74) is 7.30. The number of pyridine rings is 1. The molecule has 2 N–H and O–H groups in total. The fraction of sp³-hybridized carbons (Fsp3) is 0.643. The van der Waals surface area contributed by atoms with E-state index >= 15 is 0 Å². The van der Waals surface area contributed by atoms with Crippen molar-refractivity contribution in [2.24, 2.45) is 5.73 Å². The van der Waals surface area contributed by atoms with Crippen LogP contribution in [0.5, 0.6) is 5.88 Å². The molecular weight excluding hydrogens is 228 g/mol. The Morgan fingerprint density at radius 3 is 3.06 bits per heavy atom. The lowest BCUT2D eigenvalue weighted by Gasteiger charge is -2.14. The zero-order valence-electron chi connectivity index (χ0n) is 11.0. The first-order chi connectivity index (χ1) is 8.78. The molecule has 18 heavy (non-hydrogen) atoms. The number of hydrogen-bond donors (Lipinski definition) is 1. The monoisotopic (exact) mass is 250 g/mol. The van der Waals surface area contributed by atoms with Gasteiger partial charge in [0.15, 0.2) is 0 Å². The molecule has 1 saturated heterocycles. The van der Waals surface area contributed by atoms with E-state index in [-0.39, 0.29) is 6.04 Å². The Balaban J connectivity index is 1.73. The molecule has 2 rings (SSSR count). The van der Waals surface area contributed by atoms with Gasteiger partial charge in [-0.15, -0.1) is 0 Å². The molecule has 4 heteroatoms. The summed E-state index contributed by atoms with van der Waals surface area (Å²) >= 11 is 0. The number of methoxy groups -OCH3 is 1. The summed E-state index contributed by atoms with van der Waals surface area (Å²) in [5.74, 6) is 0.645. The average molecular weight is 250 g/mol. The predicted molar refractivity (Wildman–Crippen MR) is 70.7 cm³/mol. The Kier molecular flexibility index (Phi) is 4.96. The van der Waals surface area contributed by atoms with E-state index in [9.17, 15) is 0 Å². The third-order valence-corrected chi connectivity index (χ3v) is 3.39. The van der Waals surface area contributed by atoms with Crippen LogP contribution in [-0.4, -0.2) is 30.8 Å². The lowest BCUT2D eigenvalue weighted by Crippen LogP contribution is -2.24. The molecule has 0 aliphatic carbocycles. The van der Waals surface area contributed by atoms with Gasteiger partial charge in [0.1, 0.15) is 0 Å². The highest BCUT2D eigenvalue weighted by atomic mass is 16.5. The number of nitrogens with two attached hydrogens (primary N) is 1. The normalized spacial score (nSPS) is 20.9. The molecule has 0 spiro atoms. The van der Waals surface area contributed by atoms with Gasteiger partial charge in [0.05, 0.1) is 13.2 Å². The molecule has 1 aliphatic rings. The highest BCUT2D eigenvalue weighted by Crippen LogP contribution is 2.18. The van der Waals surface area contributed by atoms with Crippen molar-refractivity contribution in [1.29, 1.82) is 0 Å². The molecule has 4 nitrogen and oxygen atoms in total. The van der Waals surface area contributed by atoms with Gasteiger partial charge in [0.25, 0.3) is 0 Å². The number of nitrogens with zero attached hydrogens (tertiary/aromatic N) is 1. The van der Waals surface area contributed by atoms with Crippen molar-refractivity contribution < 1.29 is 9.47 Å². The van der Waals surface area contributed by atoms with Gasteiger partial charge in [-0.25, -0.2) is 4.98 Å². The van der Waals surface area contributed by atoms with Gasteiger partial charge in [-0.05, 0) is 37.7 Å². The second-order valence-electron chi connectivity index (χ2n) is 4.89. The zero-order chi connectivity index (χ0) is 12.8. The maximum Gasteiger partial charge on any atom is 0.212 e. The Labute approximate surface area is 108 Å². The van der Waals surface area contributed by atoms with Crippen LogP contribution in [0.2, 0.25) is 0 Å². The van der Waals surface area contributed by atoms with Crippen LogP contribution < -0.4 is 10.5 Å². The number of ether oxygens (including phenoxy) is 2. The molecular formula is C14H22N2O2. The molecule has 0 radical (unpaired) electrons. The third kappa shape index (κ3) is 3.96. The van der Waals surface area contributed by atoms with Gasteiger partial charge in [0, 0.05) is 24.9 Å². The van der Waals surface area contributed by atoms with Crippen LogP contribution in [-0.2, 0) is 11.2 Å². The summed E-state index contributed by atoms with van der Waals surface area (Å²) < 4.78 is 10.6. The van der Waals surface area contributed by atoms with E-state index < -0.39 is 0 Å². The molecule has 0 aromatic carbocycles. The Bertz CT molecular complexity index is 347. The fourth-order valence-corrected chi connectivity index (χ4v) is 2.33. The SMILES string of the molecule is COc1ccc(CC(N)CCC2CCCO2)cn1. The third-order valence-electron chi connectivity index (χ3n) is 3.39. The smallest absolute Gasteiger partial charge is 0.212 e. The van der Waals surface area contributed by atoms with Crippen LogP contribution in [0, 0.1) is 0 Å². The largest absolute Gasteiger partial charge is 0.481 e. The van der Waals surface area contributed by atoms with Crippen LogP contribution in [0.25, 0.3) is 0 Å². The maximum atomic E-state index is 6.14. The summed E-state index contributed by atoms with van der Waals surface area (Å²) in [6.45, 7) is 0.919. The molecule has 1 aromatic heterocycles. The topological polar surface area (TPSA) is 57.4 Å². The number of rotatable bonds is 6. The van der Waals surface area contributed by atoms with Crippen molar-refractivity contribution in [3.8, 4) is 5.88 Å². The quantitative estimate of drug-likeness (QED) is 0.838. The van der Waals surface area contributed by atoms with E-state index in [1.807, 2.05) is 18.3 Å². The van der Waals surface area contributed by atoms with Crippen LogP contribution in [0.15, 0.2) is 18.3 Å². The second kappa shape index (κ2) is 6.71. The van der Waals surface area contributed by atoms with Crippen molar-refractivity contribution in [2.75, 3.05) is 13.7 Å². The van der Waals surface area contributed by atoms with Crippen LogP contribution in [0.3, 0.4) is 0 Å². The minimum Gasteiger partial charge on any atom is -0.481 e. The van der Waals surface area contributed by atoms with E-state index in [0.717, 1.165) is 31.4 Å². The lowest BCUT2D eigenvalue weighted by molar-refractivity contribution is 0.101. The predicted octanol–water partition coefficient (Wildman–Crippen LogP) is 1.92. The molecule has 2 atom stereocenters. The molecule has 1 aromatic rings. The number of aromatic nitrogens is 1. The van der Waals surface area contributed by atoms with Crippen molar-refractivity contribution in [3.05, 3.63) is 23.9 Å². The Hall–Kier alpha value is -1.13. The van der Waals surface area contributed by atoms with Gasteiger partial charge < -0.3 is 15.2 Å². The summed E-state index contributed by atoms with van der Waals surface area (Å²) in [6, 6.07) is 4.09. The standard InChI is InChI=1S/C14H22N2O2/c1-17-14-7-4-11(10-16-14)9-12(15)5-6-13-3-2-8-18-13/h4,7,10,12-13H,2-3,5-6,8-9,15H2,1H3. The average Bonchev–Trinajstić information content (AvgIpc) is 2.90. The van der Waals surface area contributed by atoms with Crippen LogP contribution in [0.1, 0.15) is 31.2 Å². The van der Waals surface area contributed by atoms with Crippen molar-refractivity contribution in [1.82, 2.24) is 4.98 Å². The fourth-order valence-electron chi connectivity index (χ4n) is 2.33. The van der Waals surface area contributed by atoms with E-state index in [1.165, 1.54) is 12.8 Å². The molecule has 2 heterocycles. The molecule has 2 unspecified atom stereocenters. The lowest BCUT2D eigenvalue weighted by atomic mass is 10.0. The van der Waals surface area contributed by atoms with Gasteiger partial charge in [-0.2, -0.15) is 0 Å². The molecule has 0 saturated carbocycles. The Morgan fingerprint density at radius 2 is 2.44 bits per heavy atom. The summed E-state index contributed by atoms with van der Waals surface area (Å²) in [5, 5.41) is 0. The second-order valence-corrected chi connectivity index (χ2v) is 4.89. The van der Waals surface area contributed by atoms with E-state index in [1.54, 1.807) is 7.11 Å². The van der Waals surface area contributed by atoms with Gasteiger partial charge in [-0.1, -0.05) is 6.07 Å². The van der Waals surface area contributed by atoms with E-state index in [4.69, 9.17) is 15.2 Å². The first-order valence-corrected chi connectivity index (χ1v) is 6.64. The molecule has 0 bridgehead atoms. The van der Waals surface area contributed by atoms with Gasteiger partial charge in [-0.3, -0.25) is 0 Å². The first-order valence-electron chi connectivity index (χ1n) is 6.64. The summed E-state index contributed by atoms with van der Waals surface area (Å²) in [6.07, 6.45) is 7.61. The van der Waals surface area contributed by atoms with Crippen LogP contribution in [0.4, 0.5) is 0 Å². The van der Waals surface area contributed by atoms with Gasteiger partial charge in [0.2, 0.25) is 5.88 Å². The minimum absolute atomic E-state index is 0.185. The van der Waals surface area contributed by atoms with E-state index in [2.05, 4.69) is 4.98 Å². The van der Waals surface area contributed by atoms with Gasteiger partial charge >= 0.3 is 0 Å².